The van der Waals surface area contributed by atoms with Crippen molar-refractivity contribution in [1.82, 2.24) is 24.5 Å². The van der Waals surface area contributed by atoms with Crippen LogP contribution in [0, 0.1) is 0 Å². The Morgan fingerprint density at radius 3 is 1.95 bits per heavy atom. The van der Waals surface area contributed by atoms with Crippen LogP contribution < -0.4 is 0 Å². The molecule has 0 aliphatic heterocycles. The zero-order valence-electron chi connectivity index (χ0n) is 23.4. The summed E-state index contributed by atoms with van der Waals surface area (Å²) in [5.74, 6) is 1.38. The van der Waals surface area contributed by atoms with Gasteiger partial charge in [0.25, 0.3) is 0 Å². The third-order valence-electron chi connectivity index (χ3n) is 7.28. The largest absolute Gasteiger partial charge is 0.278 e. The molecule has 5 heteroatoms. The molecule has 194 valence electrons. The maximum Gasteiger partial charge on any atom is 0.234 e. The van der Waals surface area contributed by atoms with Gasteiger partial charge in [-0.25, -0.2) is 19.9 Å². The van der Waals surface area contributed by atoms with Gasteiger partial charge < -0.3 is 0 Å². The van der Waals surface area contributed by atoms with Gasteiger partial charge in [0.05, 0.1) is 16.7 Å². The average molecular weight is 512 g/mol. The molecule has 5 nitrogen and oxygen atoms in total. The van der Waals surface area contributed by atoms with Crippen LogP contribution >= 0.6 is 0 Å². The zero-order chi connectivity index (χ0) is 27.4. The second-order valence-electron chi connectivity index (χ2n) is 12.2. The van der Waals surface area contributed by atoms with E-state index in [0.717, 1.165) is 50.2 Å². The molecule has 0 saturated heterocycles. The van der Waals surface area contributed by atoms with E-state index in [1.807, 2.05) is 36.8 Å². The maximum absolute atomic E-state index is 5.13. The Labute approximate surface area is 229 Å². The number of hydrogen-bond donors (Lipinski definition) is 0. The summed E-state index contributed by atoms with van der Waals surface area (Å²) in [6.07, 6.45) is 5.88. The van der Waals surface area contributed by atoms with Crippen molar-refractivity contribution in [3.63, 3.8) is 0 Å². The van der Waals surface area contributed by atoms with Crippen molar-refractivity contribution in [2.75, 3.05) is 0 Å². The molecule has 6 rings (SSSR count). The van der Waals surface area contributed by atoms with Gasteiger partial charge in [-0.05, 0) is 28.5 Å². The predicted octanol–water partition coefficient (Wildman–Crippen LogP) is 8.29. The maximum atomic E-state index is 5.13. The Kier molecular flexibility index (Phi) is 5.83. The van der Waals surface area contributed by atoms with Crippen LogP contribution in [0.25, 0.3) is 50.4 Å². The van der Waals surface area contributed by atoms with Crippen LogP contribution in [0.3, 0.4) is 0 Å². The van der Waals surface area contributed by atoms with Gasteiger partial charge in [-0.3, -0.25) is 4.57 Å². The standard InChI is InChI=1S/C34H33N5/c1-33(2,3)24-19-36-32(37-20-24)39-28-15-11-10-14-25(28)26-17-16-23(18-29(26)39)30-27(34(4,5)6)21-35-31(38-30)22-12-8-7-9-13-22/h7-21H,1-6H3. The van der Waals surface area contributed by atoms with Crippen LogP contribution in [-0.2, 0) is 10.8 Å². The Hall–Kier alpha value is -4.38. The van der Waals surface area contributed by atoms with Crippen molar-refractivity contribution in [3.8, 4) is 28.6 Å². The van der Waals surface area contributed by atoms with Gasteiger partial charge in [-0.1, -0.05) is 102 Å². The SMILES string of the molecule is CC(C)(C)c1cnc(-n2c3ccccc3c3ccc(-c4nc(-c5ccccc5)ncc4C(C)(C)C)cc32)nc1. The molecule has 0 spiro atoms. The fourth-order valence-electron chi connectivity index (χ4n) is 5.03. The Balaban J connectivity index is 1.60. The first-order chi connectivity index (χ1) is 18.6. The first-order valence-electron chi connectivity index (χ1n) is 13.4. The number of fused-ring (bicyclic) bond motifs is 3. The van der Waals surface area contributed by atoms with Crippen LogP contribution in [-0.4, -0.2) is 24.5 Å². The van der Waals surface area contributed by atoms with Gasteiger partial charge in [0.2, 0.25) is 5.95 Å². The lowest BCUT2D eigenvalue weighted by molar-refractivity contribution is 0.583. The van der Waals surface area contributed by atoms with E-state index in [1.165, 1.54) is 5.39 Å². The zero-order valence-corrected chi connectivity index (χ0v) is 23.4. The Bertz CT molecular complexity index is 1800. The number of benzene rings is 3. The van der Waals surface area contributed by atoms with Crippen LogP contribution in [0.2, 0.25) is 0 Å². The molecule has 0 aliphatic carbocycles. The summed E-state index contributed by atoms with van der Waals surface area (Å²) in [6, 6.07) is 25.2. The lowest BCUT2D eigenvalue weighted by Crippen LogP contribution is -2.15. The van der Waals surface area contributed by atoms with Gasteiger partial charge in [-0.15, -0.1) is 0 Å². The summed E-state index contributed by atoms with van der Waals surface area (Å²) in [6.45, 7) is 13.1. The topological polar surface area (TPSA) is 56.5 Å². The van der Waals surface area contributed by atoms with E-state index in [2.05, 4.69) is 101 Å². The number of para-hydroxylation sites is 1. The summed E-state index contributed by atoms with van der Waals surface area (Å²) in [5.41, 5.74) is 7.20. The fourth-order valence-corrected chi connectivity index (χ4v) is 5.03. The molecule has 0 fully saturated rings. The summed E-state index contributed by atoms with van der Waals surface area (Å²) < 4.78 is 2.16. The minimum absolute atomic E-state index is 0.0145. The van der Waals surface area contributed by atoms with Crippen molar-refractivity contribution < 1.29 is 0 Å². The molecule has 0 N–H and O–H groups in total. The molecule has 3 aromatic heterocycles. The number of aromatic nitrogens is 5. The summed E-state index contributed by atoms with van der Waals surface area (Å²) in [7, 11) is 0. The first-order valence-corrected chi connectivity index (χ1v) is 13.4. The van der Waals surface area contributed by atoms with E-state index in [0.29, 0.717) is 5.95 Å². The highest BCUT2D eigenvalue weighted by Crippen LogP contribution is 2.37. The first kappa shape index (κ1) is 24.9. The van der Waals surface area contributed by atoms with Gasteiger partial charge in [-0.2, -0.15) is 0 Å². The highest BCUT2D eigenvalue weighted by Gasteiger charge is 2.23. The van der Waals surface area contributed by atoms with E-state index in [-0.39, 0.29) is 10.8 Å². The molecular formula is C34H33N5. The second kappa shape index (κ2) is 9.12. The van der Waals surface area contributed by atoms with Crippen molar-refractivity contribution in [3.05, 3.63) is 103 Å². The number of nitrogens with zero attached hydrogens (tertiary/aromatic N) is 5. The summed E-state index contributed by atoms with van der Waals surface area (Å²) in [4.78, 5) is 19.5. The third kappa shape index (κ3) is 4.48. The van der Waals surface area contributed by atoms with Crippen molar-refractivity contribution in [2.24, 2.45) is 0 Å². The molecule has 3 heterocycles. The Morgan fingerprint density at radius 2 is 1.26 bits per heavy atom. The minimum atomic E-state index is -0.127. The predicted molar refractivity (Wildman–Crippen MR) is 160 cm³/mol. The lowest BCUT2D eigenvalue weighted by Gasteiger charge is -2.22. The molecule has 0 bridgehead atoms. The molecule has 0 radical (unpaired) electrons. The normalized spacial score (nSPS) is 12.4. The van der Waals surface area contributed by atoms with Crippen LogP contribution in [0.15, 0.2) is 91.4 Å². The molecule has 39 heavy (non-hydrogen) atoms. The van der Waals surface area contributed by atoms with E-state index in [4.69, 9.17) is 19.9 Å². The molecule has 3 aromatic carbocycles. The summed E-state index contributed by atoms with van der Waals surface area (Å²) in [5, 5.41) is 2.33. The number of hydrogen-bond acceptors (Lipinski definition) is 4. The highest BCUT2D eigenvalue weighted by atomic mass is 15.1. The molecular weight excluding hydrogens is 478 g/mol. The second-order valence-corrected chi connectivity index (χ2v) is 12.2. The van der Waals surface area contributed by atoms with Gasteiger partial charge >= 0.3 is 0 Å². The molecule has 0 unspecified atom stereocenters. The van der Waals surface area contributed by atoms with Crippen LogP contribution in [0.5, 0.6) is 0 Å². The molecule has 0 atom stereocenters. The van der Waals surface area contributed by atoms with E-state index < -0.39 is 0 Å². The van der Waals surface area contributed by atoms with E-state index in [1.54, 1.807) is 0 Å². The van der Waals surface area contributed by atoms with Gasteiger partial charge in [0.1, 0.15) is 0 Å². The molecule has 0 amide bonds. The summed E-state index contributed by atoms with van der Waals surface area (Å²) >= 11 is 0. The molecule has 0 saturated carbocycles. The highest BCUT2D eigenvalue weighted by molar-refractivity contribution is 6.10. The van der Waals surface area contributed by atoms with Crippen molar-refractivity contribution >= 4 is 21.8 Å². The fraction of sp³-hybridized carbons (Fsp3) is 0.235. The van der Waals surface area contributed by atoms with E-state index >= 15 is 0 Å². The number of rotatable bonds is 3. The third-order valence-corrected chi connectivity index (χ3v) is 7.28. The Morgan fingerprint density at radius 1 is 0.590 bits per heavy atom. The smallest absolute Gasteiger partial charge is 0.234 e. The molecule has 6 aromatic rings. The van der Waals surface area contributed by atoms with E-state index in [9.17, 15) is 0 Å². The van der Waals surface area contributed by atoms with Crippen molar-refractivity contribution in [1.29, 1.82) is 0 Å². The van der Waals surface area contributed by atoms with Crippen LogP contribution in [0.4, 0.5) is 0 Å². The lowest BCUT2D eigenvalue weighted by atomic mass is 9.85. The average Bonchev–Trinajstić information content (AvgIpc) is 3.26. The quantitative estimate of drug-likeness (QED) is 0.240. The monoisotopic (exact) mass is 511 g/mol. The minimum Gasteiger partial charge on any atom is -0.278 e. The van der Waals surface area contributed by atoms with Crippen LogP contribution in [0.1, 0.15) is 52.7 Å². The molecule has 0 aliphatic rings. The van der Waals surface area contributed by atoms with Gasteiger partial charge in [0.15, 0.2) is 5.82 Å². The van der Waals surface area contributed by atoms with Gasteiger partial charge in [0, 0.05) is 46.1 Å². The van der Waals surface area contributed by atoms with Crippen molar-refractivity contribution in [2.45, 2.75) is 52.4 Å².